The van der Waals surface area contributed by atoms with Gasteiger partial charge >= 0.3 is 0 Å². The molecule has 4 heteroatoms. The summed E-state index contributed by atoms with van der Waals surface area (Å²) in [7, 11) is 1.67. The SMILES string of the molecule is COc1ccc(CC(C)Nc2c(C)ccnc2Cl)cc1. The maximum atomic E-state index is 6.13. The topological polar surface area (TPSA) is 34.1 Å². The van der Waals surface area contributed by atoms with Gasteiger partial charge in [0, 0.05) is 12.2 Å². The molecule has 1 N–H and O–H groups in total. The molecule has 1 atom stereocenters. The number of aryl methyl sites for hydroxylation is 1. The highest BCUT2D eigenvalue weighted by Gasteiger charge is 2.09. The van der Waals surface area contributed by atoms with E-state index in [2.05, 4.69) is 29.4 Å². The lowest BCUT2D eigenvalue weighted by Crippen LogP contribution is -2.19. The van der Waals surface area contributed by atoms with Crippen LogP contribution in [0.3, 0.4) is 0 Å². The van der Waals surface area contributed by atoms with E-state index in [1.54, 1.807) is 13.3 Å². The van der Waals surface area contributed by atoms with Crippen molar-refractivity contribution in [3.63, 3.8) is 0 Å². The van der Waals surface area contributed by atoms with Crippen LogP contribution in [0.5, 0.6) is 5.75 Å². The van der Waals surface area contributed by atoms with Gasteiger partial charge < -0.3 is 10.1 Å². The summed E-state index contributed by atoms with van der Waals surface area (Å²) >= 11 is 6.13. The average molecular weight is 291 g/mol. The van der Waals surface area contributed by atoms with Gasteiger partial charge in [-0.15, -0.1) is 0 Å². The molecular weight excluding hydrogens is 272 g/mol. The average Bonchev–Trinajstić information content (AvgIpc) is 2.44. The standard InChI is InChI=1S/C16H19ClN2O/c1-11-8-9-18-16(17)15(11)19-12(2)10-13-4-6-14(20-3)7-5-13/h4-9,12,19H,10H2,1-3H3. The highest BCUT2D eigenvalue weighted by molar-refractivity contribution is 6.32. The first-order valence-electron chi connectivity index (χ1n) is 6.60. The van der Waals surface area contributed by atoms with Gasteiger partial charge in [0.1, 0.15) is 5.75 Å². The van der Waals surface area contributed by atoms with Crippen molar-refractivity contribution >= 4 is 17.3 Å². The van der Waals surface area contributed by atoms with Crippen molar-refractivity contribution in [2.75, 3.05) is 12.4 Å². The van der Waals surface area contributed by atoms with Crippen LogP contribution in [-0.2, 0) is 6.42 Å². The number of aromatic nitrogens is 1. The number of benzene rings is 1. The third-order valence-corrected chi connectivity index (χ3v) is 3.49. The number of rotatable bonds is 5. The van der Waals surface area contributed by atoms with E-state index in [9.17, 15) is 0 Å². The Hall–Kier alpha value is -1.74. The summed E-state index contributed by atoms with van der Waals surface area (Å²) in [5.41, 5.74) is 3.27. The van der Waals surface area contributed by atoms with E-state index in [0.717, 1.165) is 23.4 Å². The van der Waals surface area contributed by atoms with Crippen LogP contribution in [0.15, 0.2) is 36.5 Å². The molecule has 0 radical (unpaired) electrons. The first-order chi connectivity index (χ1) is 9.60. The number of halogens is 1. The lowest BCUT2D eigenvalue weighted by atomic mass is 10.1. The van der Waals surface area contributed by atoms with Crippen molar-refractivity contribution in [2.45, 2.75) is 26.3 Å². The van der Waals surface area contributed by atoms with Crippen LogP contribution in [0.1, 0.15) is 18.1 Å². The number of nitrogens with one attached hydrogen (secondary N) is 1. The van der Waals surface area contributed by atoms with Crippen molar-refractivity contribution < 1.29 is 4.74 Å². The second-order valence-electron chi connectivity index (χ2n) is 4.89. The number of methoxy groups -OCH3 is 1. The van der Waals surface area contributed by atoms with Crippen molar-refractivity contribution in [2.24, 2.45) is 0 Å². The Bertz CT molecular complexity index is 549. The van der Waals surface area contributed by atoms with Gasteiger partial charge in [0.15, 0.2) is 5.15 Å². The molecule has 0 aliphatic carbocycles. The molecule has 106 valence electrons. The zero-order valence-corrected chi connectivity index (χ0v) is 12.7. The van der Waals surface area contributed by atoms with Crippen LogP contribution >= 0.6 is 11.6 Å². The van der Waals surface area contributed by atoms with Gasteiger partial charge in [0.2, 0.25) is 0 Å². The van der Waals surface area contributed by atoms with Gasteiger partial charge in [0.05, 0.1) is 12.8 Å². The van der Waals surface area contributed by atoms with Crippen LogP contribution in [0, 0.1) is 6.92 Å². The van der Waals surface area contributed by atoms with E-state index in [-0.39, 0.29) is 6.04 Å². The third kappa shape index (κ3) is 3.64. The maximum Gasteiger partial charge on any atom is 0.152 e. The molecule has 0 fully saturated rings. The van der Waals surface area contributed by atoms with E-state index < -0.39 is 0 Å². The van der Waals surface area contributed by atoms with E-state index in [0.29, 0.717) is 5.15 Å². The Balaban J connectivity index is 2.03. The molecule has 3 nitrogen and oxygen atoms in total. The van der Waals surface area contributed by atoms with Gasteiger partial charge in [0.25, 0.3) is 0 Å². The van der Waals surface area contributed by atoms with Gasteiger partial charge in [-0.1, -0.05) is 23.7 Å². The minimum Gasteiger partial charge on any atom is -0.497 e. The number of anilines is 1. The minimum absolute atomic E-state index is 0.267. The molecule has 20 heavy (non-hydrogen) atoms. The lowest BCUT2D eigenvalue weighted by molar-refractivity contribution is 0.414. The zero-order valence-electron chi connectivity index (χ0n) is 12.0. The Morgan fingerprint density at radius 3 is 2.55 bits per heavy atom. The van der Waals surface area contributed by atoms with Crippen LogP contribution in [0.2, 0.25) is 5.15 Å². The molecule has 1 unspecified atom stereocenters. The molecule has 1 heterocycles. The smallest absolute Gasteiger partial charge is 0.152 e. The third-order valence-electron chi connectivity index (χ3n) is 3.20. The quantitative estimate of drug-likeness (QED) is 0.842. The Morgan fingerprint density at radius 1 is 1.25 bits per heavy atom. The van der Waals surface area contributed by atoms with E-state index in [1.807, 2.05) is 25.1 Å². The summed E-state index contributed by atoms with van der Waals surface area (Å²) in [6.45, 7) is 4.16. The molecule has 0 aliphatic heterocycles. The molecule has 0 amide bonds. The second kappa shape index (κ2) is 6.62. The fraction of sp³-hybridized carbons (Fsp3) is 0.312. The fourth-order valence-corrected chi connectivity index (χ4v) is 2.37. The number of hydrogen-bond donors (Lipinski definition) is 1. The number of hydrogen-bond acceptors (Lipinski definition) is 3. The normalized spacial score (nSPS) is 12.0. The molecular formula is C16H19ClN2O. The number of pyridine rings is 1. The van der Waals surface area contributed by atoms with Crippen molar-refractivity contribution in [1.82, 2.24) is 4.98 Å². The molecule has 0 spiro atoms. The fourth-order valence-electron chi connectivity index (χ4n) is 2.11. The first kappa shape index (κ1) is 14.7. The molecule has 0 saturated carbocycles. The molecule has 2 aromatic rings. The van der Waals surface area contributed by atoms with Crippen LogP contribution < -0.4 is 10.1 Å². The summed E-state index contributed by atoms with van der Waals surface area (Å²) in [5, 5.41) is 3.95. The van der Waals surface area contributed by atoms with E-state index >= 15 is 0 Å². The van der Waals surface area contributed by atoms with E-state index in [1.165, 1.54) is 5.56 Å². The van der Waals surface area contributed by atoms with Crippen molar-refractivity contribution in [3.8, 4) is 5.75 Å². The van der Waals surface area contributed by atoms with Crippen LogP contribution in [-0.4, -0.2) is 18.1 Å². The Labute approximate surface area is 124 Å². The van der Waals surface area contributed by atoms with E-state index in [4.69, 9.17) is 16.3 Å². The van der Waals surface area contributed by atoms with Crippen LogP contribution in [0.25, 0.3) is 0 Å². The predicted octanol–water partition coefficient (Wildman–Crippen LogP) is 4.10. The molecule has 2 rings (SSSR count). The predicted molar refractivity (Wildman–Crippen MR) is 83.8 cm³/mol. The van der Waals surface area contributed by atoms with Crippen molar-refractivity contribution in [1.29, 1.82) is 0 Å². The highest BCUT2D eigenvalue weighted by atomic mass is 35.5. The molecule has 1 aromatic carbocycles. The number of nitrogens with zero attached hydrogens (tertiary/aromatic N) is 1. The summed E-state index contributed by atoms with van der Waals surface area (Å²) in [4.78, 5) is 4.11. The first-order valence-corrected chi connectivity index (χ1v) is 6.98. The molecule has 0 aliphatic rings. The zero-order chi connectivity index (χ0) is 14.5. The lowest BCUT2D eigenvalue weighted by Gasteiger charge is -2.18. The Kier molecular flexibility index (Phi) is 4.85. The van der Waals surface area contributed by atoms with Crippen molar-refractivity contribution in [3.05, 3.63) is 52.8 Å². The van der Waals surface area contributed by atoms with Crippen LogP contribution in [0.4, 0.5) is 5.69 Å². The minimum atomic E-state index is 0.267. The van der Waals surface area contributed by atoms with Gasteiger partial charge in [-0.05, 0) is 49.6 Å². The molecule has 1 aromatic heterocycles. The highest BCUT2D eigenvalue weighted by Crippen LogP contribution is 2.24. The summed E-state index contributed by atoms with van der Waals surface area (Å²) in [6.07, 6.45) is 2.63. The monoisotopic (exact) mass is 290 g/mol. The maximum absolute atomic E-state index is 6.13. The van der Waals surface area contributed by atoms with Gasteiger partial charge in [-0.3, -0.25) is 0 Å². The molecule has 0 saturated heterocycles. The second-order valence-corrected chi connectivity index (χ2v) is 5.25. The van der Waals surface area contributed by atoms with Gasteiger partial charge in [-0.25, -0.2) is 4.98 Å². The summed E-state index contributed by atoms with van der Waals surface area (Å²) in [5.74, 6) is 0.875. The largest absolute Gasteiger partial charge is 0.497 e. The summed E-state index contributed by atoms with van der Waals surface area (Å²) in [6, 6.07) is 10.3. The number of ether oxygens (including phenoxy) is 1. The summed E-state index contributed by atoms with van der Waals surface area (Å²) < 4.78 is 5.16. The van der Waals surface area contributed by atoms with Gasteiger partial charge in [-0.2, -0.15) is 0 Å². The molecule has 0 bridgehead atoms. The Morgan fingerprint density at radius 2 is 1.95 bits per heavy atom.